The molecule has 0 aliphatic rings. The first kappa shape index (κ1) is 17.2. The van der Waals surface area contributed by atoms with Gasteiger partial charge in [-0.1, -0.05) is 31.8 Å². The maximum atomic E-state index is 13.6. The molecule has 0 aromatic heterocycles. The summed E-state index contributed by atoms with van der Waals surface area (Å²) in [6.45, 7) is 6.81. The molecule has 0 aliphatic carbocycles. The van der Waals surface area contributed by atoms with E-state index in [1.807, 2.05) is 0 Å². The zero-order valence-corrected chi connectivity index (χ0v) is 12.7. The Morgan fingerprint density at radius 2 is 2.14 bits per heavy atom. The van der Waals surface area contributed by atoms with Crippen molar-refractivity contribution in [2.75, 3.05) is 19.6 Å². The fourth-order valence-corrected chi connectivity index (χ4v) is 2.13. The van der Waals surface area contributed by atoms with E-state index >= 15 is 0 Å². The Kier molecular flexibility index (Phi) is 7.46. The summed E-state index contributed by atoms with van der Waals surface area (Å²) in [5, 5.41) is 8.74. The van der Waals surface area contributed by atoms with Crippen LogP contribution in [0, 0.1) is 34.9 Å². The number of nitriles is 1. The highest BCUT2D eigenvalue weighted by molar-refractivity contribution is 5.38. The predicted molar refractivity (Wildman–Crippen MR) is 82.7 cm³/mol. The van der Waals surface area contributed by atoms with Crippen LogP contribution in [0.3, 0.4) is 0 Å². The quantitative estimate of drug-likeness (QED) is 0.818. The molecule has 1 rings (SSSR count). The third kappa shape index (κ3) is 6.40. The fourth-order valence-electron chi connectivity index (χ4n) is 2.13. The van der Waals surface area contributed by atoms with Crippen LogP contribution in [0.4, 0.5) is 4.39 Å². The lowest BCUT2D eigenvalue weighted by Crippen LogP contribution is -2.28. The molecule has 0 radical (unpaired) electrons. The molecule has 0 spiro atoms. The van der Waals surface area contributed by atoms with Gasteiger partial charge in [0.05, 0.1) is 18.2 Å². The Bertz CT molecular complexity index is 549. The van der Waals surface area contributed by atoms with E-state index in [2.05, 4.69) is 36.7 Å². The molecule has 1 aromatic carbocycles. The van der Waals surface area contributed by atoms with Crippen LogP contribution in [-0.2, 0) is 6.54 Å². The zero-order valence-electron chi connectivity index (χ0n) is 12.7. The van der Waals surface area contributed by atoms with Crippen molar-refractivity contribution in [1.29, 1.82) is 5.26 Å². The SMILES string of the molecule is CC(C)CN(CCC#N)Cc1ccc(F)c(C#CCN)c1. The average molecular weight is 287 g/mol. The van der Waals surface area contributed by atoms with Gasteiger partial charge in [0, 0.05) is 26.1 Å². The van der Waals surface area contributed by atoms with Gasteiger partial charge in [-0.3, -0.25) is 4.90 Å². The summed E-state index contributed by atoms with van der Waals surface area (Å²) in [6.07, 6.45) is 0.494. The van der Waals surface area contributed by atoms with E-state index in [-0.39, 0.29) is 12.4 Å². The van der Waals surface area contributed by atoms with Crippen molar-refractivity contribution in [3.63, 3.8) is 0 Å². The van der Waals surface area contributed by atoms with Crippen LogP contribution < -0.4 is 5.73 Å². The number of rotatable bonds is 6. The second-order valence-corrected chi connectivity index (χ2v) is 5.36. The number of halogens is 1. The van der Waals surface area contributed by atoms with Gasteiger partial charge in [-0.2, -0.15) is 5.26 Å². The highest BCUT2D eigenvalue weighted by Gasteiger charge is 2.09. The molecular formula is C17H22FN3. The molecule has 1 aromatic rings. The minimum Gasteiger partial charge on any atom is -0.320 e. The molecule has 0 atom stereocenters. The summed E-state index contributed by atoms with van der Waals surface area (Å²) in [5.74, 6) is 5.61. The molecule has 0 heterocycles. The number of nitrogens with two attached hydrogens (primary N) is 1. The standard InChI is InChI=1S/C17H22FN3/c1-14(2)12-21(10-4-9-20)13-15-6-7-17(18)16(11-15)5-3-8-19/h6-7,11,14H,4,8,10,12-13,19H2,1-2H3. The normalized spacial score (nSPS) is 10.3. The van der Waals surface area contributed by atoms with Crippen LogP contribution >= 0.6 is 0 Å². The summed E-state index contributed by atoms with van der Waals surface area (Å²) in [4.78, 5) is 2.21. The van der Waals surface area contributed by atoms with Gasteiger partial charge in [0.2, 0.25) is 0 Å². The molecule has 0 amide bonds. The molecule has 112 valence electrons. The Balaban J connectivity index is 2.85. The molecule has 0 saturated heterocycles. The summed E-state index contributed by atoms with van der Waals surface area (Å²) < 4.78 is 13.6. The minimum atomic E-state index is -0.327. The van der Waals surface area contributed by atoms with Crippen molar-refractivity contribution in [3.05, 3.63) is 35.1 Å². The molecule has 2 N–H and O–H groups in total. The Morgan fingerprint density at radius 1 is 1.38 bits per heavy atom. The van der Waals surface area contributed by atoms with E-state index in [9.17, 15) is 4.39 Å². The largest absolute Gasteiger partial charge is 0.320 e. The van der Waals surface area contributed by atoms with E-state index in [1.165, 1.54) is 6.07 Å². The topological polar surface area (TPSA) is 53.0 Å². The number of benzene rings is 1. The van der Waals surface area contributed by atoms with Crippen LogP contribution in [0.5, 0.6) is 0 Å². The molecule has 0 aliphatic heterocycles. The summed E-state index contributed by atoms with van der Waals surface area (Å²) >= 11 is 0. The first-order valence-corrected chi connectivity index (χ1v) is 7.13. The van der Waals surface area contributed by atoms with Gasteiger partial charge in [0.25, 0.3) is 0 Å². The lowest BCUT2D eigenvalue weighted by atomic mass is 10.1. The van der Waals surface area contributed by atoms with E-state index in [0.717, 1.165) is 18.7 Å². The van der Waals surface area contributed by atoms with E-state index in [4.69, 9.17) is 11.0 Å². The fraction of sp³-hybridized carbons (Fsp3) is 0.471. The van der Waals surface area contributed by atoms with Gasteiger partial charge in [0.15, 0.2) is 0 Å². The first-order chi connectivity index (χ1) is 10.1. The van der Waals surface area contributed by atoms with Gasteiger partial charge in [-0.25, -0.2) is 4.39 Å². The van der Waals surface area contributed by atoms with Crippen molar-refractivity contribution >= 4 is 0 Å². The monoisotopic (exact) mass is 287 g/mol. The first-order valence-electron chi connectivity index (χ1n) is 7.13. The average Bonchev–Trinajstić information content (AvgIpc) is 2.44. The molecule has 0 saturated carbocycles. The van der Waals surface area contributed by atoms with Gasteiger partial charge in [-0.05, 0) is 23.6 Å². The molecule has 3 nitrogen and oxygen atoms in total. The molecule has 0 unspecified atom stereocenters. The highest BCUT2D eigenvalue weighted by Crippen LogP contribution is 2.13. The van der Waals surface area contributed by atoms with Crippen LogP contribution in [0.15, 0.2) is 18.2 Å². The van der Waals surface area contributed by atoms with E-state index < -0.39 is 0 Å². The summed E-state index contributed by atoms with van der Waals surface area (Å²) in [5.41, 5.74) is 6.69. The van der Waals surface area contributed by atoms with E-state index in [0.29, 0.717) is 24.4 Å². The Hall–Kier alpha value is -1.88. The van der Waals surface area contributed by atoms with Crippen molar-refractivity contribution in [1.82, 2.24) is 4.90 Å². The van der Waals surface area contributed by atoms with Crippen molar-refractivity contribution in [2.24, 2.45) is 11.7 Å². The van der Waals surface area contributed by atoms with Crippen molar-refractivity contribution < 1.29 is 4.39 Å². The number of nitrogens with zero attached hydrogens (tertiary/aromatic N) is 2. The maximum absolute atomic E-state index is 13.6. The molecule has 0 fully saturated rings. The van der Waals surface area contributed by atoms with Gasteiger partial charge in [0.1, 0.15) is 5.82 Å². The molecular weight excluding hydrogens is 265 g/mol. The summed E-state index contributed by atoms with van der Waals surface area (Å²) in [7, 11) is 0. The van der Waals surface area contributed by atoms with Crippen LogP contribution in [0.1, 0.15) is 31.4 Å². The minimum absolute atomic E-state index is 0.214. The smallest absolute Gasteiger partial charge is 0.138 e. The molecule has 21 heavy (non-hydrogen) atoms. The maximum Gasteiger partial charge on any atom is 0.138 e. The van der Waals surface area contributed by atoms with Crippen LogP contribution in [-0.4, -0.2) is 24.5 Å². The second-order valence-electron chi connectivity index (χ2n) is 5.36. The molecule has 4 heteroatoms. The molecule has 0 bridgehead atoms. The number of hydrogen-bond donors (Lipinski definition) is 1. The van der Waals surface area contributed by atoms with Crippen molar-refractivity contribution in [3.8, 4) is 17.9 Å². The highest BCUT2D eigenvalue weighted by atomic mass is 19.1. The van der Waals surface area contributed by atoms with Gasteiger partial charge < -0.3 is 5.73 Å². The predicted octanol–water partition coefficient (Wildman–Crippen LogP) is 2.51. The van der Waals surface area contributed by atoms with Crippen molar-refractivity contribution in [2.45, 2.75) is 26.8 Å². The van der Waals surface area contributed by atoms with E-state index in [1.54, 1.807) is 12.1 Å². The summed E-state index contributed by atoms with van der Waals surface area (Å²) in [6, 6.07) is 7.13. The lowest BCUT2D eigenvalue weighted by Gasteiger charge is -2.23. The Morgan fingerprint density at radius 3 is 2.76 bits per heavy atom. The van der Waals surface area contributed by atoms with Crippen LogP contribution in [0.25, 0.3) is 0 Å². The third-order valence-electron chi connectivity index (χ3n) is 2.93. The third-order valence-corrected chi connectivity index (χ3v) is 2.93. The second kappa shape index (κ2) is 9.13. The zero-order chi connectivity index (χ0) is 15.7. The number of hydrogen-bond acceptors (Lipinski definition) is 3. The lowest BCUT2D eigenvalue weighted by molar-refractivity contribution is 0.241. The van der Waals surface area contributed by atoms with Gasteiger partial charge >= 0.3 is 0 Å². The van der Waals surface area contributed by atoms with Gasteiger partial charge in [-0.15, -0.1) is 0 Å². The Labute approximate surface area is 126 Å². The van der Waals surface area contributed by atoms with Crippen LogP contribution in [0.2, 0.25) is 0 Å².